The lowest BCUT2D eigenvalue weighted by molar-refractivity contribution is 0.598. The molecule has 0 aliphatic heterocycles. The van der Waals surface area contributed by atoms with E-state index in [1.165, 1.54) is 0 Å². The first-order chi connectivity index (χ1) is 5.99. The number of sulfonamides is 1. The first-order valence-electron chi connectivity index (χ1n) is 3.71. The molecule has 0 aliphatic carbocycles. The number of aromatic nitrogens is 2. The highest BCUT2D eigenvalue weighted by atomic mass is 32.2. The summed E-state index contributed by atoms with van der Waals surface area (Å²) in [5.41, 5.74) is 0. The molecule has 3 N–H and O–H groups in total. The summed E-state index contributed by atoms with van der Waals surface area (Å²) in [6, 6.07) is 0. The van der Waals surface area contributed by atoms with Gasteiger partial charge in [-0.2, -0.15) is 0 Å². The lowest BCUT2D eigenvalue weighted by Crippen LogP contribution is -2.23. The fourth-order valence-electron chi connectivity index (χ4n) is 0.841. The fourth-order valence-corrected chi connectivity index (χ4v) is 1.23. The monoisotopic (exact) mass is 204 g/mol. The SMILES string of the molecule is Cn1ccnc1NCCS(N)(=O)=O. The molecule has 1 aromatic rings. The number of imidazole rings is 1. The van der Waals surface area contributed by atoms with Crippen molar-refractivity contribution < 1.29 is 8.42 Å². The third-order valence-electron chi connectivity index (χ3n) is 1.49. The summed E-state index contributed by atoms with van der Waals surface area (Å²) in [7, 11) is -1.58. The minimum atomic E-state index is -3.39. The molecule has 0 unspecified atom stereocenters. The molecule has 7 heteroatoms. The van der Waals surface area contributed by atoms with Gasteiger partial charge in [0.25, 0.3) is 0 Å². The maximum atomic E-state index is 10.6. The molecule has 0 saturated heterocycles. The fraction of sp³-hybridized carbons (Fsp3) is 0.500. The van der Waals surface area contributed by atoms with Gasteiger partial charge in [-0.1, -0.05) is 0 Å². The number of anilines is 1. The van der Waals surface area contributed by atoms with Crippen molar-refractivity contribution in [3.05, 3.63) is 12.4 Å². The zero-order chi connectivity index (χ0) is 9.90. The van der Waals surface area contributed by atoms with Gasteiger partial charge in [-0.15, -0.1) is 0 Å². The van der Waals surface area contributed by atoms with Crippen LogP contribution in [-0.2, 0) is 17.1 Å². The van der Waals surface area contributed by atoms with E-state index < -0.39 is 10.0 Å². The molecule has 6 nitrogen and oxygen atoms in total. The molecule has 0 bridgehead atoms. The Morgan fingerprint density at radius 2 is 2.38 bits per heavy atom. The second-order valence-electron chi connectivity index (χ2n) is 2.66. The number of primary sulfonamides is 1. The van der Waals surface area contributed by atoms with Crippen LogP contribution in [0.3, 0.4) is 0 Å². The number of nitrogens with one attached hydrogen (secondary N) is 1. The van der Waals surface area contributed by atoms with E-state index in [2.05, 4.69) is 10.3 Å². The van der Waals surface area contributed by atoms with Crippen molar-refractivity contribution in [2.45, 2.75) is 0 Å². The number of rotatable bonds is 4. The summed E-state index contributed by atoms with van der Waals surface area (Å²) < 4.78 is 22.9. The Morgan fingerprint density at radius 1 is 1.69 bits per heavy atom. The lowest BCUT2D eigenvalue weighted by Gasteiger charge is -2.03. The maximum absolute atomic E-state index is 10.6. The molecule has 0 aromatic carbocycles. The van der Waals surface area contributed by atoms with Gasteiger partial charge in [-0.25, -0.2) is 18.5 Å². The number of nitrogens with zero attached hydrogens (tertiary/aromatic N) is 2. The molecule has 0 radical (unpaired) electrons. The average Bonchev–Trinajstić information content (AvgIpc) is 2.34. The summed E-state index contributed by atoms with van der Waals surface area (Å²) in [5, 5.41) is 7.66. The third kappa shape index (κ3) is 3.43. The second kappa shape index (κ2) is 3.75. The van der Waals surface area contributed by atoms with Crippen LogP contribution in [0.15, 0.2) is 12.4 Å². The van der Waals surface area contributed by atoms with Crippen LogP contribution in [0.5, 0.6) is 0 Å². The molecule has 1 aromatic heterocycles. The smallest absolute Gasteiger partial charge is 0.210 e. The van der Waals surface area contributed by atoms with Crippen LogP contribution >= 0.6 is 0 Å². The van der Waals surface area contributed by atoms with Gasteiger partial charge in [-0.3, -0.25) is 0 Å². The second-order valence-corrected chi connectivity index (χ2v) is 4.39. The van der Waals surface area contributed by atoms with Crippen molar-refractivity contribution in [2.24, 2.45) is 12.2 Å². The predicted octanol–water partition coefficient (Wildman–Crippen LogP) is -0.879. The maximum Gasteiger partial charge on any atom is 0.210 e. The third-order valence-corrected chi connectivity index (χ3v) is 2.26. The predicted molar refractivity (Wildman–Crippen MR) is 49.7 cm³/mol. The van der Waals surface area contributed by atoms with Crippen molar-refractivity contribution in [3.8, 4) is 0 Å². The average molecular weight is 204 g/mol. The van der Waals surface area contributed by atoms with Crippen molar-refractivity contribution >= 4 is 16.0 Å². The van der Waals surface area contributed by atoms with Gasteiger partial charge in [0.05, 0.1) is 5.75 Å². The summed E-state index contributed by atoms with van der Waals surface area (Å²) in [5.74, 6) is 0.531. The summed E-state index contributed by atoms with van der Waals surface area (Å²) in [6.07, 6.45) is 3.39. The first kappa shape index (κ1) is 10.0. The van der Waals surface area contributed by atoms with Gasteiger partial charge in [-0.05, 0) is 0 Å². The Balaban J connectivity index is 2.41. The molecular weight excluding hydrogens is 192 g/mol. The zero-order valence-electron chi connectivity index (χ0n) is 7.27. The molecule has 0 aliphatic rings. The Bertz CT molecular complexity index is 370. The van der Waals surface area contributed by atoms with Gasteiger partial charge < -0.3 is 9.88 Å². The number of aryl methyl sites for hydroxylation is 1. The summed E-state index contributed by atoms with van der Waals surface area (Å²) >= 11 is 0. The van der Waals surface area contributed by atoms with E-state index in [-0.39, 0.29) is 12.3 Å². The summed E-state index contributed by atoms with van der Waals surface area (Å²) in [4.78, 5) is 3.95. The highest BCUT2D eigenvalue weighted by molar-refractivity contribution is 7.89. The first-order valence-corrected chi connectivity index (χ1v) is 5.42. The van der Waals surface area contributed by atoms with E-state index >= 15 is 0 Å². The van der Waals surface area contributed by atoms with Gasteiger partial charge in [0.15, 0.2) is 0 Å². The van der Waals surface area contributed by atoms with Crippen molar-refractivity contribution in [1.29, 1.82) is 0 Å². The van der Waals surface area contributed by atoms with E-state index in [1.807, 2.05) is 7.05 Å². The Morgan fingerprint density at radius 3 is 2.85 bits per heavy atom. The van der Waals surface area contributed by atoms with Gasteiger partial charge in [0.2, 0.25) is 16.0 Å². The molecule has 0 spiro atoms. The van der Waals surface area contributed by atoms with Crippen LogP contribution in [0.2, 0.25) is 0 Å². The molecule has 1 heterocycles. The number of nitrogens with two attached hydrogens (primary N) is 1. The van der Waals surface area contributed by atoms with Crippen LogP contribution in [0.1, 0.15) is 0 Å². The molecule has 0 atom stereocenters. The van der Waals surface area contributed by atoms with Crippen LogP contribution in [-0.4, -0.2) is 30.3 Å². The van der Waals surface area contributed by atoms with Crippen molar-refractivity contribution in [1.82, 2.24) is 9.55 Å². The van der Waals surface area contributed by atoms with Crippen LogP contribution in [0.4, 0.5) is 5.95 Å². The van der Waals surface area contributed by atoms with Crippen LogP contribution < -0.4 is 10.5 Å². The van der Waals surface area contributed by atoms with Crippen molar-refractivity contribution in [3.63, 3.8) is 0 Å². The Kier molecular flexibility index (Phi) is 2.89. The molecule has 0 amide bonds. The lowest BCUT2D eigenvalue weighted by atomic mass is 10.7. The van der Waals surface area contributed by atoms with E-state index in [0.29, 0.717) is 5.95 Å². The standard InChI is InChI=1S/C6H12N4O2S/c1-10-4-2-8-6(10)9-3-5-13(7,11)12/h2,4H,3,5H2,1H3,(H,8,9)(H2,7,11,12). The largest absolute Gasteiger partial charge is 0.355 e. The minimum Gasteiger partial charge on any atom is -0.355 e. The van der Waals surface area contributed by atoms with Crippen LogP contribution in [0.25, 0.3) is 0 Å². The molecule has 74 valence electrons. The van der Waals surface area contributed by atoms with Crippen molar-refractivity contribution in [2.75, 3.05) is 17.6 Å². The minimum absolute atomic E-state index is 0.0974. The quantitative estimate of drug-likeness (QED) is 0.666. The molecule has 1 rings (SSSR count). The van der Waals surface area contributed by atoms with E-state index in [4.69, 9.17) is 5.14 Å². The Hall–Kier alpha value is -1.08. The van der Waals surface area contributed by atoms with E-state index in [9.17, 15) is 8.42 Å². The van der Waals surface area contributed by atoms with E-state index in [1.54, 1.807) is 17.0 Å². The van der Waals surface area contributed by atoms with E-state index in [0.717, 1.165) is 0 Å². The number of hydrogen-bond donors (Lipinski definition) is 2. The summed E-state index contributed by atoms with van der Waals surface area (Å²) in [6.45, 7) is 0.268. The molecular formula is C6H12N4O2S. The van der Waals surface area contributed by atoms with Gasteiger partial charge >= 0.3 is 0 Å². The molecule has 0 saturated carbocycles. The number of hydrogen-bond acceptors (Lipinski definition) is 4. The molecule has 13 heavy (non-hydrogen) atoms. The normalized spacial score (nSPS) is 11.5. The topological polar surface area (TPSA) is 90.0 Å². The van der Waals surface area contributed by atoms with Gasteiger partial charge in [0.1, 0.15) is 0 Å². The Labute approximate surface area is 76.8 Å². The molecule has 0 fully saturated rings. The highest BCUT2D eigenvalue weighted by Crippen LogP contribution is 1.99. The van der Waals surface area contributed by atoms with Gasteiger partial charge in [0, 0.05) is 26.0 Å². The van der Waals surface area contributed by atoms with Crippen LogP contribution in [0, 0.1) is 0 Å². The highest BCUT2D eigenvalue weighted by Gasteiger charge is 2.03. The zero-order valence-corrected chi connectivity index (χ0v) is 8.08.